The van der Waals surface area contributed by atoms with Gasteiger partial charge in [0, 0.05) is 6.04 Å². The number of hydrogen-bond donors (Lipinski definition) is 1. The fraction of sp³-hybridized carbons (Fsp3) is 1.00. The second kappa shape index (κ2) is 8.04. The Labute approximate surface area is 101 Å². The second-order valence-corrected chi connectivity index (χ2v) is 5.23. The fourth-order valence-electron chi connectivity index (χ4n) is 2.32. The molecule has 0 atom stereocenters. The molecule has 0 aromatic heterocycles. The fourth-order valence-corrected chi connectivity index (χ4v) is 2.32. The summed E-state index contributed by atoms with van der Waals surface area (Å²) in [6.45, 7) is 8.49. The Morgan fingerprint density at radius 2 is 1.94 bits per heavy atom. The predicted octanol–water partition coefficient (Wildman–Crippen LogP) is 1.40. The molecular formula is C13H29N3. The van der Waals surface area contributed by atoms with E-state index in [9.17, 15) is 0 Å². The van der Waals surface area contributed by atoms with Gasteiger partial charge < -0.3 is 15.1 Å². The van der Waals surface area contributed by atoms with Crippen molar-refractivity contribution < 1.29 is 0 Å². The summed E-state index contributed by atoms with van der Waals surface area (Å²) in [4.78, 5) is 4.89. The van der Waals surface area contributed by atoms with Crippen LogP contribution in [0.3, 0.4) is 0 Å². The first kappa shape index (κ1) is 13.9. The van der Waals surface area contributed by atoms with Crippen LogP contribution >= 0.6 is 0 Å². The molecule has 3 nitrogen and oxygen atoms in total. The Bertz CT molecular complexity index is 163. The van der Waals surface area contributed by atoms with E-state index in [-0.39, 0.29) is 0 Å². The van der Waals surface area contributed by atoms with E-state index in [4.69, 9.17) is 0 Å². The minimum absolute atomic E-state index is 0.782. The topological polar surface area (TPSA) is 18.5 Å². The third-order valence-electron chi connectivity index (χ3n) is 3.35. The van der Waals surface area contributed by atoms with Crippen LogP contribution in [0, 0.1) is 0 Å². The highest BCUT2D eigenvalue weighted by atomic mass is 15.1. The maximum absolute atomic E-state index is 3.63. The van der Waals surface area contributed by atoms with Crippen molar-refractivity contribution in [1.82, 2.24) is 15.1 Å². The molecule has 1 aliphatic rings. The Kier molecular flexibility index (Phi) is 7.01. The van der Waals surface area contributed by atoms with Crippen LogP contribution in [0.2, 0.25) is 0 Å². The number of likely N-dealkylation sites (tertiary alicyclic amines) is 1. The molecule has 1 N–H and O–H groups in total. The quantitative estimate of drug-likeness (QED) is 0.709. The van der Waals surface area contributed by atoms with Crippen molar-refractivity contribution in [3.05, 3.63) is 0 Å². The molecule has 0 spiro atoms. The van der Waals surface area contributed by atoms with Gasteiger partial charge in [-0.1, -0.05) is 6.92 Å². The molecule has 1 aliphatic heterocycles. The molecule has 0 unspecified atom stereocenters. The maximum atomic E-state index is 3.63. The lowest BCUT2D eigenvalue weighted by Crippen LogP contribution is -2.43. The summed E-state index contributed by atoms with van der Waals surface area (Å²) in [6, 6.07) is 0.782. The Hall–Kier alpha value is -0.120. The summed E-state index contributed by atoms with van der Waals surface area (Å²) in [5, 5.41) is 3.63. The van der Waals surface area contributed by atoms with Crippen molar-refractivity contribution in [2.24, 2.45) is 0 Å². The van der Waals surface area contributed by atoms with Gasteiger partial charge in [0.05, 0.1) is 0 Å². The van der Waals surface area contributed by atoms with Crippen molar-refractivity contribution in [1.29, 1.82) is 0 Å². The van der Waals surface area contributed by atoms with Crippen LogP contribution in [0.4, 0.5) is 0 Å². The molecule has 1 heterocycles. The average Bonchev–Trinajstić information content (AvgIpc) is 2.27. The molecule has 0 aliphatic carbocycles. The van der Waals surface area contributed by atoms with E-state index < -0.39 is 0 Å². The van der Waals surface area contributed by atoms with Crippen LogP contribution in [0.15, 0.2) is 0 Å². The average molecular weight is 227 g/mol. The molecule has 96 valence electrons. The van der Waals surface area contributed by atoms with Gasteiger partial charge in [-0.25, -0.2) is 0 Å². The van der Waals surface area contributed by atoms with Crippen molar-refractivity contribution in [2.45, 2.75) is 38.6 Å². The highest BCUT2D eigenvalue weighted by molar-refractivity contribution is 4.76. The largest absolute Gasteiger partial charge is 0.314 e. The lowest BCUT2D eigenvalue weighted by molar-refractivity contribution is 0.190. The van der Waals surface area contributed by atoms with E-state index in [1.165, 1.54) is 58.4 Å². The maximum Gasteiger partial charge on any atom is 0.00914 e. The van der Waals surface area contributed by atoms with Gasteiger partial charge in [0.15, 0.2) is 0 Å². The van der Waals surface area contributed by atoms with Crippen LogP contribution in [-0.4, -0.2) is 62.7 Å². The van der Waals surface area contributed by atoms with Gasteiger partial charge in [-0.3, -0.25) is 0 Å². The minimum Gasteiger partial charge on any atom is -0.314 e. The van der Waals surface area contributed by atoms with E-state index in [1.54, 1.807) is 0 Å². The molecule has 0 radical (unpaired) electrons. The van der Waals surface area contributed by atoms with Crippen molar-refractivity contribution >= 4 is 0 Å². The van der Waals surface area contributed by atoms with Crippen LogP contribution in [-0.2, 0) is 0 Å². The first-order valence-electron chi connectivity index (χ1n) is 6.83. The molecule has 0 aromatic rings. The van der Waals surface area contributed by atoms with Gasteiger partial charge >= 0.3 is 0 Å². The Balaban J connectivity index is 2.03. The number of hydrogen-bond acceptors (Lipinski definition) is 3. The summed E-state index contributed by atoms with van der Waals surface area (Å²) in [6.07, 6.45) is 5.23. The molecule has 1 fully saturated rings. The number of nitrogens with one attached hydrogen (secondary N) is 1. The third kappa shape index (κ3) is 5.83. The summed E-state index contributed by atoms with van der Waals surface area (Å²) in [5.74, 6) is 0. The van der Waals surface area contributed by atoms with E-state index in [2.05, 4.69) is 36.1 Å². The van der Waals surface area contributed by atoms with Gasteiger partial charge in [-0.2, -0.15) is 0 Å². The smallest absolute Gasteiger partial charge is 0.00914 e. The third-order valence-corrected chi connectivity index (χ3v) is 3.35. The highest BCUT2D eigenvalue weighted by Crippen LogP contribution is 2.10. The van der Waals surface area contributed by atoms with Gasteiger partial charge in [0.25, 0.3) is 0 Å². The molecule has 1 rings (SSSR count). The van der Waals surface area contributed by atoms with Gasteiger partial charge in [0.1, 0.15) is 0 Å². The van der Waals surface area contributed by atoms with Crippen molar-refractivity contribution in [3.63, 3.8) is 0 Å². The summed E-state index contributed by atoms with van der Waals surface area (Å²) in [5.41, 5.74) is 0. The predicted molar refractivity (Wildman–Crippen MR) is 70.9 cm³/mol. The zero-order valence-electron chi connectivity index (χ0n) is 11.3. The number of nitrogens with zero attached hydrogens (tertiary/aromatic N) is 2. The van der Waals surface area contributed by atoms with Gasteiger partial charge in [-0.05, 0) is 72.5 Å². The monoisotopic (exact) mass is 227 g/mol. The van der Waals surface area contributed by atoms with E-state index in [1.807, 2.05) is 0 Å². The van der Waals surface area contributed by atoms with Gasteiger partial charge in [0.2, 0.25) is 0 Å². The first-order valence-corrected chi connectivity index (χ1v) is 6.83. The lowest BCUT2D eigenvalue weighted by Gasteiger charge is -2.32. The molecule has 0 amide bonds. The number of rotatable bonds is 7. The summed E-state index contributed by atoms with van der Waals surface area (Å²) in [7, 11) is 4.31. The Morgan fingerprint density at radius 3 is 2.50 bits per heavy atom. The first-order chi connectivity index (χ1) is 7.72. The number of piperidine rings is 1. The van der Waals surface area contributed by atoms with E-state index in [0.29, 0.717) is 0 Å². The molecular weight excluding hydrogens is 198 g/mol. The highest BCUT2D eigenvalue weighted by Gasteiger charge is 2.17. The van der Waals surface area contributed by atoms with Crippen LogP contribution in [0.5, 0.6) is 0 Å². The van der Waals surface area contributed by atoms with Crippen LogP contribution in [0.25, 0.3) is 0 Å². The van der Waals surface area contributed by atoms with Crippen molar-refractivity contribution in [2.75, 3.05) is 46.8 Å². The standard InChI is InChI=1S/C13H29N3/c1-4-8-14-13-6-11-16(12-7-13)10-5-9-15(2)3/h13-14H,4-12H2,1-3H3. The molecule has 0 saturated carbocycles. The zero-order valence-corrected chi connectivity index (χ0v) is 11.3. The van der Waals surface area contributed by atoms with Crippen LogP contribution in [0.1, 0.15) is 32.6 Å². The minimum atomic E-state index is 0.782. The zero-order chi connectivity index (χ0) is 11.8. The summed E-state index contributed by atoms with van der Waals surface area (Å²) < 4.78 is 0. The van der Waals surface area contributed by atoms with Crippen molar-refractivity contribution in [3.8, 4) is 0 Å². The molecule has 0 bridgehead atoms. The molecule has 3 heteroatoms. The van der Waals surface area contributed by atoms with E-state index >= 15 is 0 Å². The van der Waals surface area contributed by atoms with E-state index in [0.717, 1.165) is 6.04 Å². The molecule has 16 heavy (non-hydrogen) atoms. The molecule has 1 saturated heterocycles. The molecule has 0 aromatic carbocycles. The summed E-state index contributed by atoms with van der Waals surface area (Å²) >= 11 is 0. The Morgan fingerprint density at radius 1 is 1.25 bits per heavy atom. The normalized spacial score (nSPS) is 19.5. The van der Waals surface area contributed by atoms with Crippen LogP contribution < -0.4 is 5.32 Å². The SMILES string of the molecule is CCCNC1CCN(CCCN(C)C)CC1. The second-order valence-electron chi connectivity index (χ2n) is 5.23. The van der Waals surface area contributed by atoms with Gasteiger partial charge in [-0.15, -0.1) is 0 Å². The lowest BCUT2D eigenvalue weighted by atomic mass is 10.0.